The molecule has 0 saturated heterocycles. The molecular formula is C14H20O2. The molecule has 0 aliphatic heterocycles. The van der Waals surface area contributed by atoms with Crippen molar-refractivity contribution in [2.24, 2.45) is 5.92 Å². The molecule has 1 N–H and O–H groups in total. The van der Waals surface area contributed by atoms with Crippen LogP contribution in [-0.2, 0) is 11.2 Å². The lowest BCUT2D eigenvalue weighted by molar-refractivity contribution is -0.121. The van der Waals surface area contributed by atoms with Gasteiger partial charge in [-0.3, -0.25) is 4.79 Å². The van der Waals surface area contributed by atoms with Crippen LogP contribution < -0.4 is 0 Å². The maximum Gasteiger partial charge on any atom is 0.133 e. The number of rotatable bonds is 6. The van der Waals surface area contributed by atoms with Crippen LogP contribution in [0.4, 0.5) is 0 Å². The Morgan fingerprint density at radius 1 is 1.31 bits per heavy atom. The van der Waals surface area contributed by atoms with Gasteiger partial charge in [-0.2, -0.15) is 0 Å². The summed E-state index contributed by atoms with van der Waals surface area (Å²) in [5.41, 5.74) is 1.16. The van der Waals surface area contributed by atoms with E-state index in [1.807, 2.05) is 37.3 Å². The van der Waals surface area contributed by atoms with E-state index in [1.54, 1.807) is 6.92 Å². The molecule has 0 aromatic heterocycles. The van der Waals surface area contributed by atoms with Crippen molar-refractivity contribution in [3.8, 4) is 0 Å². The van der Waals surface area contributed by atoms with Crippen LogP contribution in [0.25, 0.3) is 0 Å². The number of Topliss-reactive ketones (excluding diaryl/α,β-unsaturated/α-hetero) is 1. The third-order valence-electron chi connectivity index (χ3n) is 2.93. The van der Waals surface area contributed by atoms with Gasteiger partial charge < -0.3 is 5.11 Å². The highest BCUT2D eigenvalue weighted by atomic mass is 16.3. The lowest BCUT2D eigenvalue weighted by Crippen LogP contribution is -2.20. The SMILES string of the molecule is CC[C@@H](O)C[C@@H](Cc1ccccc1)C(C)=O. The monoisotopic (exact) mass is 220 g/mol. The van der Waals surface area contributed by atoms with Gasteiger partial charge in [-0.25, -0.2) is 0 Å². The summed E-state index contributed by atoms with van der Waals surface area (Å²) in [6.07, 6.45) is 1.64. The minimum absolute atomic E-state index is 0.0580. The first-order chi connectivity index (χ1) is 7.63. The van der Waals surface area contributed by atoms with Gasteiger partial charge in [0.25, 0.3) is 0 Å². The molecule has 0 amide bonds. The molecule has 0 bridgehead atoms. The van der Waals surface area contributed by atoms with Crippen LogP contribution >= 0.6 is 0 Å². The average molecular weight is 220 g/mol. The number of benzene rings is 1. The third-order valence-corrected chi connectivity index (χ3v) is 2.93. The van der Waals surface area contributed by atoms with Crippen molar-refractivity contribution >= 4 is 5.78 Å². The summed E-state index contributed by atoms with van der Waals surface area (Å²) in [6.45, 7) is 3.54. The molecule has 0 aliphatic carbocycles. The number of aliphatic hydroxyl groups is 1. The Balaban J connectivity index is 2.62. The van der Waals surface area contributed by atoms with E-state index in [2.05, 4.69) is 0 Å². The highest BCUT2D eigenvalue weighted by Crippen LogP contribution is 2.16. The molecule has 2 nitrogen and oxygen atoms in total. The number of aliphatic hydroxyl groups excluding tert-OH is 1. The summed E-state index contributed by atoms with van der Waals surface area (Å²) in [4.78, 5) is 11.5. The van der Waals surface area contributed by atoms with Crippen LogP contribution in [0.2, 0.25) is 0 Å². The topological polar surface area (TPSA) is 37.3 Å². The Bertz CT molecular complexity index is 319. The van der Waals surface area contributed by atoms with Gasteiger partial charge in [0.05, 0.1) is 6.10 Å². The van der Waals surface area contributed by atoms with Crippen LogP contribution in [0.5, 0.6) is 0 Å². The van der Waals surface area contributed by atoms with Crippen LogP contribution in [0.3, 0.4) is 0 Å². The summed E-state index contributed by atoms with van der Waals surface area (Å²) in [7, 11) is 0. The molecule has 2 heteroatoms. The predicted molar refractivity (Wildman–Crippen MR) is 65.2 cm³/mol. The molecular weight excluding hydrogens is 200 g/mol. The van der Waals surface area contributed by atoms with Gasteiger partial charge in [0.15, 0.2) is 0 Å². The van der Waals surface area contributed by atoms with E-state index in [0.717, 1.165) is 12.0 Å². The minimum atomic E-state index is -0.363. The van der Waals surface area contributed by atoms with Gasteiger partial charge in [-0.1, -0.05) is 37.3 Å². The lowest BCUT2D eigenvalue weighted by Gasteiger charge is -2.17. The van der Waals surface area contributed by atoms with Crippen molar-refractivity contribution in [3.05, 3.63) is 35.9 Å². The molecule has 1 aromatic rings. The van der Waals surface area contributed by atoms with E-state index in [-0.39, 0.29) is 17.8 Å². The maximum atomic E-state index is 11.5. The Morgan fingerprint density at radius 2 is 1.94 bits per heavy atom. The number of carbonyl (C=O) groups excluding carboxylic acids is 1. The van der Waals surface area contributed by atoms with Crippen molar-refractivity contribution in [3.63, 3.8) is 0 Å². The normalized spacial score (nSPS) is 14.4. The molecule has 0 fully saturated rings. The van der Waals surface area contributed by atoms with E-state index in [9.17, 15) is 9.90 Å². The molecule has 16 heavy (non-hydrogen) atoms. The molecule has 1 rings (SSSR count). The largest absolute Gasteiger partial charge is 0.393 e. The highest BCUT2D eigenvalue weighted by molar-refractivity contribution is 5.78. The first-order valence-electron chi connectivity index (χ1n) is 5.86. The summed E-state index contributed by atoms with van der Waals surface area (Å²) in [5.74, 6) is 0.105. The number of hydrogen-bond donors (Lipinski definition) is 1. The molecule has 0 unspecified atom stereocenters. The molecule has 2 atom stereocenters. The van der Waals surface area contributed by atoms with E-state index in [1.165, 1.54) is 0 Å². The molecule has 0 saturated carbocycles. The summed E-state index contributed by atoms with van der Waals surface area (Å²) >= 11 is 0. The van der Waals surface area contributed by atoms with Gasteiger partial charge in [-0.15, -0.1) is 0 Å². The lowest BCUT2D eigenvalue weighted by atomic mass is 9.90. The van der Waals surface area contributed by atoms with Crippen LogP contribution in [0.15, 0.2) is 30.3 Å². The van der Waals surface area contributed by atoms with Crippen molar-refractivity contribution in [1.29, 1.82) is 0 Å². The van der Waals surface area contributed by atoms with Crippen molar-refractivity contribution < 1.29 is 9.90 Å². The molecule has 0 radical (unpaired) electrons. The summed E-state index contributed by atoms with van der Waals surface area (Å²) in [6, 6.07) is 9.96. The second-order valence-corrected chi connectivity index (χ2v) is 4.30. The smallest absolute Gasteiger partial charge is 0.133 e. The minimum Gasteiger partial charge on any atom is -0.393 e. The second kappa shape index (κ2) is 6.44. The van der Waals surface area contributed by atoms with Gasteiger partial charge in [0, 0.05) is 5.92 Å². The fourth-order valence-electron chi connectivity index (χ4n) is 1.79. The quantitative estimate of drug-likeness (QED) is 0.800. The molecule has 0 spiro atoms. The number of carbonyl (C=O) groups is 1. The Kier molecular flexibility index (Phi) is 5.20. The zero-order valence-corrected chi connectivity index (χ0v) is 10.0. The first-order valence-corrected chi connectivity index (χ1v) is 5.86. The van der Waals surface area contributed by atoms with Gasteiger partial charge in [0.2, 0.25) is 0 Å². The average Bonchev–Trinajstić information content (AvgIpc) is 2.29. The predicted octanol–water partition coefficient (Wildman–Crippen LogP) is 2.60. The Hall–Kier alpha value is -1.15. The second-order valence-electron chi connectivity index (χ2n) is 4.30. The number of ketones is 1. The van der Waals surface area contributed by atoms with Crippen molar-refractivity contribution in [2.45, 2.75) is 39.2 Å². The highest BCUT2D eigenvalue weighted by Gasteiger charge is 2.18. The van der Waals surface area contributed by atoms with Crippen LogP contribution in [0.1, 0.15) is 32.3 Å². The van der Waals surface area contributed by atoms with Crippen LogP contribution in [-0.4, -0.2) is 17.0 Å². The fraction of sp³-hybridized carbons (Fsp3) is 0.500. The zero-order chi connectivity index (χ0) is 12.0. The molecule has 88 valence electrons. The summed E-state index contributed by atoms with van der Waals surface area (Å²) in [5, 5.41) is 9.60. The summed E-state index contributed by atoms with van der Waals surface area (Å²) < 4.78 is 0. The van der Waals surface area contributed by atoms with E-state index in [4.69, 9.17) is 0 Å². The maximum absolute atomic E-state index is 11.5. The standard InChI is InChI=1S/C14H20O2/c1-3-14(16)10-13(11(2)15)9-12-7-5-4-6-8-12/h4-8,13-14,16H,3,9-10H2,1-2H3/t13-,14-/m1/s1. The van der Waals surface area contributed by atoms with E-state index in [0.29, 0.717) is 12.8 Å². The fourth-order valence-corrected chi connectivity index (χ4v) is 1.79. The van der Waals surface area contributed by atoms with Crippen molar-refractivity contribution in [1.82, 2.24) is 0 Å². The molecule has 0 aliphatic rings. The molecule has 1 aromatic carbocycles. The van der Waals surface area contributed by atoms with Crippen LogP contribution in [0, 0.1) is 5.92 Å². The third kappa shape index (κ3) is 4.15. The van der Waals surface area contributed by atoms with Gasteiger partial charge in [0.1, 0.15) is 5.78 Å². The molecule has 0 heterocycles. The van der Waals surface area contributed by atoms with Gasteiger partial charge >= 0.3 is 0 Å². The first kappa shape index (κ1) is 12.9. The van der Waals surface area contributed by atoms with E-state index >= 15 is 0 Å². The van der Waals surface area contributed by atoms with Gasteiger partial charge in [-0.05, 0) is 31.7 Å². The zero-order valence-electron chi connectivity index (χ0n) is 10.0. The van der Waals surface area contributed by atoms with Crippen molar-refractivity contribution in [2.75, 3.05) is 0 Å². The number of hydrogen-bond acceptors (Lipinski definition) is 2. The van der Waals surface area contributed by atoms with E-state index < -0.39 is 0 Å². The Labute approximate surface area is 97.3 Å². The Morgan fingerprint density at radius 3 is 2.44 bits per heavy atom.